The van der Waals surface area contributed by atoms with Crippen molar-refractivity contribution in [1.29, 1.82) is 0 Å². The van der Waals surface area contributed by atoms with Gasteiger partial charge >= 0.3 is 0 Å². The fourth-order valence-electron chi connectivity index (χ4n) is 4.45. The van der Waals surface area contributed by atoms with E-state index < -0.39 is 29.4 Å². The number of aromatic nitrogens is 3. The van der Waals surface area contributed by atoms with Crippen LogP contribution in [0.5, 0.6) is 5.75 Å². The summed E-state index contributed by atoms with van der Waals surface area (Å²) < 4.78 is 43.4. The minimum absolute atomic E-state index is 0.124. The summed E-state index contributed by atoms with van der Waals surface area (Å²) >= 11 is 0. The molecule has 1 atom stereocenters. The van der Waals surface area contributed by atoms with Crippen molar-refractivity contribution in [2.45, 2.75) is 24.9 Å². The summed E-state index contributed by atoms with van der Waals surface area (Å²) in [5.74, 6) is -1.70. The van der Waals surface area contributed by atoms with Crippen LogP contribution in [0.1, 0.15) is 28.5 Å². The van der Waals surface area contributed by atoms with E-state index in [-0.39, 0.29) is 22.9 Å². The number of rotatable bonds is 7. The van der Waals surface area contributed by atoms with Crippen molar-refractivity contribution in [3.05, 3.63) is 77.2 Å². The molecule has 1 aliphatic rings. The average molecular weight is 498 g/mol. The summed E-state index contributed by atoms with van der Waals surface area (Å²) in [6.07, 6.45) is 3.08. The van der Waals surface area contributed by atoms with Crippen molar-refractivity contribution in [3.8, 4) is 16.9 Å². The van der Waals surface area contributed by atoms with E-state index in [4.69, 9.17) is 25.2 Å². The molecular formula is C26H22B2F2N4O3. The predicted octanol–water partition coefficient (Wildman–Crippen LogP) is 3.43. The summed E-state index contributed by atoms with van der Waals surface area (Å²) in [6.45, 7) is 1.73. The van der Waals surface area contributed by atoms with Gasteiger partial charge in [0.25, 0.3) is 5.91 Å². The van der Waals surface area contributed by atoms with Crippen LogP contribution in [-0.2, 0) is 23.7 Å². The van der Waals surface area contributed by atoms with Crippen LogP contribution in [0.3, 0.4) is 0 Å². The maximum Gasteiger partial charge on any atom is 0.255 e. The number of carbonyl (C=O) groups is 1. The monoisotopic (exact) mass is 498 g/mol. The molecule has 37 heavy (non-hydrogen) atoms. The second-order valence-electron chi connectivity index (χ2n) is 9.07. The van der Waals surface area contributed by atoms with Gasteiger partial charge in [0.1, 0.15) is 29.5 Å². The number of amides is 1. The van der Waals surface area contributed by atoms with Crippen molar-refractivity contribution in [1.82, 2.24) is 19.7 Å². The molecule has 0 saturated carbocycles. The number of aryl methyl sites for hydroxylation is 1. The number of ether oxygens (including phenoxy) is 2. The number of fused-ring (bicyclic) bond motifs is 2. The number of nitrogens with zero attached hydrogens (tertiary/aromatic N) is 4. The molecule has 0 fully saturated rings. The third-order valence-electron chi connectivity index (χ3n) is 6.51. The molecule has 0 saturated heterocycles. The van der Waals surface area contributed by atoms with E-state index in [2.05, 4.69) is 10.1 Å². The van der Waals surface area contributed by atoms with Crippen LogP contribution >= 0.6 is 0 Å². The highest BCUT2D eigenvalue weighted by atomic mass is 19.1. The van der Waals surface area contributed by atoms with Gasteiger partial charge in [-0.1, -0.05) is 0 Å². The number of carbonyl (C=O) groups excluding carboxylic acids is 1. The minimum atomic E-state index is -1.80. The van der Waals surface area contributed by atoms with Crippen LogP contribution in [0.2, 0.25) is 0 Å². The maximum absolute atomic E-state index is 15.4. The molecule has 0 unspecified atom stereocenters. The molecule has 2 aromatic carbocycles. The molecular weight excluding hydrogens is 476 g/mol. The average Bonchev–Trinajstić information content (AvgIpc) is 3.35. The van der Waals surface area contributed by atoms with E-state index in [1.165, 1.54) is 24.4 Å². The van der Waals surface area contributed by atoms with E-state index in [9.17, 15) is 4.79 Å². The van der Waals surface area contributed by atoms with E-state index >= 15 is 8.78 Å². The highest BCUT2D eigenvalue weighted by Gasteiger charge is 2.43. The largest absolute Gasteiger partial charge is 0.489 e. The fraction of sp³-hybridized carbons (Fsp3) is 0.269. The normalized spacial score (nSPS) is 15.3. The quantitative estimate of drug-likeness (QED) is 0.366. The van der Waals surface area contributed by atoms with Crippen LogP contribution in [0.15, 0.2) is 48.8 Å². The molecule has 11 heteroatoms. The Morgan fingerprint density at radius 1 is 1.14 bits per heavy atom. The molecule has 0 bridgehead atoms. The zero-order chi connectivity index (χ0) is 26.5. The van der Waals surface area contributed by atoms with Crippen LogP contribution in [0.4, 0.5) is 8.78 Å². The zero-order valence-electron chi connectivity index (χ0n) is 20.5. The Morgan fingerprint density at radius 3 is 2.54 bits per heavy atom. The smallest absolute Gasteiger partial charge is 0.255 e. The van der Waals surface area contributed by atoms with Gasteiger partial charge in [0.05, 0.1) is 39.6 Å². The molecule has 184 valence electrons. The first kappa shape index (κ1) is 25.0. The topological polar surface area (TPSA) is 69.5 Å². The second-order valence-corrected chi connectivity index (χ2v) is 9.07. The van der Waals surface area contributed by atoms with Crippen molar-refractivity contribution in [3.63, 3.8) is 0 Å². The standard InChI is InChI=1S/C26H22B2F2N4O3/c1-14(36-3)13-37-22-7-6-16(18-11-33(2)32-23(18)22)15-9-20(29)19(21(30)10-15)12-34-25(35)17-5-4-8-31-24(17)26(34,27)28/h4-11,14H,12-13H2,1-3H3/t14-/m1/s1. The first-order valence-corrected chi connectivity index (χ1v) is 11.6. The Balaban J connectivity index is 1.49. The van der Waals surface area contributed by atoms with Gasteiger partial charge in [-0.2, -0.15) is 5.10 Å². The van der Waals surface area contributed by atoms with Gasteiger partial charge in [0, 0.05) is 42.8 Å². The lowest BCUT2D eigenvalue weighted by Crippen LogP contribution is -2.45. The Bertz CT molecular complexity index is 1500. The van der Waals surface area contributed by atoms with E-state index in [0.29, 0.717) is 34.4 Å². The van der Waals surface area contributed by atoms with Crippen LogP contribution in [-0.4, -0.2) is 61.1 Å². The Morgan fingerprint density at radius 2 is 1.86 bits per heavy atom. The van der Waals surface area contributed by atoms with Crippen LogP contribution in [0, 0.1) is 11.6 Å². The predicted molar refractivity (Wildman–Crippen MR) is 135 cm³/mol. The van der Waals surface area contributed by atoms with Gasteiger partial charge in [-0.05, 0) is 54.4 Å². The summed E-state index contributed by atoms with van der Waals surface area (Å²) in [7, 11) is 15.7. The van der Waals surface area contributed by atoms with Crippen molar-refractivity contribution in [2.24, 2.45) is 7.05 Å². The highest BCUT2D eigenvalue weighted by molar-refractivity contribution is 6.42. The second kappa shape index (κ2) is 9.30. The van der Waals surface area contributed by atoms with Gasteiger partial charge in [0.15, 0.2) is 0 Å². The molecule has 5 rings (SSSR count). The lowest BCUT2D eigenvalue weighted by atomic mass is 9.59. The van der Waals surface area contributed by atoms with E-state index in [1.54, 1.807) is 43.2 Å². The number of halogens is 2. The molecule has 1 amide bonds. The maximum atomic E-state index is 15.4. The molecule has 0 aliphatic carbocycles. The minimum Gasteiger partial charge on any atom is -0.489 e. The summed E-state index contributed by atoms with van der Waals surface area (Å²) in [5.41, 5.74) is 1.45. The summed E-state index contributed by atoms with van der Waals surface area (Å²) in [4.78, 5) is 18.0. The van der Waals surface area contributed by atoms with Gasteiger partial charge in [-0.3, -0.25) is 14.5 Å². The van der Waals surface area contributed by atoms with Gasteiger partial charge in [0.2, 0.25) is 0 Å². The molecule has 2 aromatic heterocycles. The highest BCUT2D eigenvalue weighted by Crippen LogP contribution is 2.37. The van der Waals surface area contributed by atoms with Crippen molar-refractivity contribution in [2.75, 3.05) is 13.7 Å². The van der Waals surface area contributed by atoms with Gasteiger partial charge < -0.3 is 14.4 Å². The SMILES string of the molecule is [B]C1([B])c2ncccc2C(=O)N1Cc1c(F)cc(-c2ccc(OC[C@@H](C)OC)c3nn(C)cc23)cc1F. The van der Waals surface area contributed by atoms with Crippen LogP contribution in [0.25, 0.3) is 22.0 Å². The summed E-state index contributed by atoms with van der Waals surface area (Å²) in [5, 5.41) is 3.32. The number of methoxy groups -OCH3 is 1. The third kappa shape index (κ3) is 4.27. The Kier molecular flexibility index (Phi) is 6.27. The van der Waals surface area contributed by atoms with Crippen molar-refractivity contribution >= 4 is 32.5 Å². The van der Waals surface area contributed by atoms with Gasteiger partial charge in [-0.25, -0.2) is 8.78 Å². The molecule has 7 nitrogen and oxygen atoms in total. The first-order chi connectivity index (χ1) is 17.6. The molecule has 0 spiro atoms. The van der Waals surface area contributed by atoms with Crippen molar-refractivity contribution < 1.29 is 23.0 Å². The Hall–Kier alpha value is -3.72. The Labute approximate surface area is 215 Å². The first-order valence-electron chi connectivity index (χ1n) is 11.6. The van der Waals surface area contributed by atoms with E-state index in [1.807, 2.05) is 6.92 Å². The molecule has 0 N–H and O–H groups in total. The molecule has 3 heterocycles. The van der Waals surface area contributed by atoms with Crippen LogP contribution < -0.4 is 4.74 Å². The van der Waals surface area contributed by atoms with Gasteiger partial charge in [-0.15, -0.1) is 0 Å². The lowest BCUT2D eigenvalue weighted by molar-refractivity contribution is 0.0721. The molecule has 4 radical (unpaired) electrons. The fourth-order valence-corrected chi connectivity index (χ4v) is 4.45. The summed E-state index contributed by atoms with van der Waals surface area (Å²) in [6, 6.07) is 8.96. The number of hydrogen-bond donors (Lipinski definition) is 0. The number of pyridine rings is 1. The third-order valence-corrected chi connectivity index (χ3v) is 6.51. The number of hydrogen-bond acceptors (Lipinski definition) is 5. The lowest BCUT2D eigenvalue weighted by Gasteiger charge is -2.33. The number of benzene rings is 2. The zero-order valence-corrected chi connectivity index (χ0v) is 20.5. The molecule has 1 aliphatic heterocycles. The molecule has 4 aromatic rings. The van der Waals surface area contributed by atoms with E-state index in [0.717, 1.165) is 4.90 Å².